The van der Waals surface area contributed by atoms with Crippen molar-refractivity contribution in [2.45, 2.75) is 6.42 Å². The highest BCUT2D eigenvalue weighted by molar-refractivity contribution is 6.31. The summed E-state index contributed by atoms with van der Waals surface area (Å²) >= 11 is 5.97. The zero-order chi connectivity index (χ0) is 11.8. The molecule has 0 spiro atoms. The Morgan fingerprint density at radius 3 is 2.81 bits per heavy atom. The molecule has 2 amide bonds. The van der Waals surface area contributed by atoms with E-state index in [-0.39, 0.29) is 12.8 Å². The third-order valence-electron chi connectivity index (χ3n) is 2.01. The number of urea groups is 1. The average molecular weight is 243 g/mol. The van der Waals surface area contributed by atoms with Crippen molar-refractivity contribution in [3.8, 4) is 0 Å². The SMILES string of the molecule is COCNC(=O)NCCc1ccccc1Cl. The molecule has 0 saturated carbocycles. The van der Waals surface area contributed by atoms with E-state index in [1.165, 1.54) is 7.11 Å². The van der Waals surface area contributed by atoms with E-state index in [2.05, 4.69) is 10.6 Å². The van der Waals surface area contributed by atoms with E-state index >= 15 is 0 Å². The molecule has 0 aliphatic carbocycles. The van der Waals surface area contributed by atoms with Crippen molar-refractivity contribution < 1.29 is 9.53 Å². The van der Waals surface area contributed by atoms with Crippen molar-refractivity contribution in [3.63, 3.8) is 0 Å². The summed E-state index contributed by atoms with van der Waals surface area (Å²) in [7, 11) is 1.52. The number of benzene rings is 1. The zero-order valence-electron chi connectivity index (χ0n) is 9.13. The molecule has 1 aromatic rings. The van der Waals surface area contributed by atoms with Crippen LogP contribution in [0.25, 0.3) is 0 Å². The van der Waals surface area contributed by atoms with Gasteiger partial charge in [0.2, 0.25) is 0 Å². The quantitative estimate of drug-likeness (QED) is 0.774. The van der Waals surface area contributed by atoms with Gasteiger partial charge in [-0.15, -0.1) is 0 Å². The van der Waals surface area contributed by atoms with Crippen LogP contribution in [0.2, 0.25) is 5.02 Å². The molecule has 0 saturated heterocycles. The molecular weight excluding hydrogens is 228 g/mol. The van der Waals surface area contributed by atoms with E-state index in [4.69, 9.17) is 16.3 Å². The Balaban J connectivity index is 2.25. The third-order valence-corrected chi connectivity index (χ3v) is 2.38. The molecule has 1 rings (SSSR count). The number of carbonyl (C=O) groups excluding carboxylic acids is 1. The lowest BCUT2D eigenvalue weighted by Gasteiger charge is -2.07. The van der Waals surface area contributed by atoms with Crippen LogP contribution in [0.5, 0.6) is 0 Å². The molecule has 0 bridgehead atoms. The van der Waals surface area contributed by atoms with Crippen LogP contribution in [0.15, 0.2) is 24.3 Å². The number of halogens is 1. The van der Waals surface area contributed by atoms with Crippen LogP contribution in [0, 0.1) is 0 Å². The molecule has 88 valence electrons. The predicted octanol–water partition coefficient (Wildman–Crippen LogP) is 1.79. The van der Waals surface area contributed by atoms with E-state index in [1.807, 2.05) is 24.3 Å². The molecule has 0 heterocycles. The standard InChI is InChI=1S/C11H15ClN2O2/c1-16-8-14-11(15)13-7-6-9-4-2-3-5-10(9)12/h2-5H,6-8H2,1H3,(H2,13,14,15). The van der Waals surface area contributed by atoms with Crippen LogP contribution < -0.4 is 10.6 Å². The number of nitrogens with one attached hydrogen (secondary N) is 2. The molecule has 0 aliphatic heterocycles. The monoisotopic (exact) mass is 242 g/mol. The summed E-state index contributed by atoms with van der Waals surface area (Å²) in [4.78, 5) is 11.1. The minimum absolute atomic E-state index is 0.206. The number of carbonyl (C=O) groups is 1. The first-order valence-corrected chi connectivity index (χ1v) is 5.36. The van der Waals surface area contributed by atoms with Gasteiger partial charge in [0.1, 0.15) is 6.73 Å². The van der Waals surface area contributed by atoms with Crippen molar-refractivity contribution in [1.29, 1.82) is 0 Å². The van der Waals surface area contributed by atoms with Crippen molar-refractivity contribution in [3.05, 3.63) is 34.9 Å². The van der Waals surface area contributed by atoms with Gasteiger partial charge in [-0.1, -0.05) is 29.8 Å². The topological polar surface area (TPSA) is 50.4 Å². The van der Waals surface area contributed by atoms with Crippen LogP contribution in [-0.4, -0.2) is 26.4 Å². The lowest BCUT2D eigenvalue weighted by atomic mass is 10.1. The van der Waals surface area contributed by atoms with Crippen molar-refractivity contribution >= 4 is 17.6 Å². The maximum absolute atomic E-state index is 11.1. The van der Waals surface area contributed by atoms with Crippen molar-refractivity contribution in [2.24, 2.45) is 0 Å². The summed E-state index contributed by atoms with van der Waals surface area (Å²) in [5.41, 5.74) is 1.02. The first-order chi connectivity index (χ1) is 7.74. The summed E-state index contributed by atoms with van der Waals surface area (Å²) in [5, 5.41) is 5.96. The maximum Gasteiger partial charge on any atom is 0.316 e. The molecular formula is C11H15ClN2O2. The summed E-state index contributed by atoms with van der Waals surface area (Å²) in [6.07, 6.45) is 0.708. The molecule has 0 aliphatic rings. The van der Waals surface area contributed by atoms with E-state index < -0.39 is 0 Å². The highest BCUT2D eigenvalue weighted by Gasteiger charge is 2.01. The highest BCUT2D eigenvalue weighted by Crippen LogP contribution is 2.14. The molecule has 1 aromatic carbocycles. The number of methoxy groups -OCH3 is 1. The van der Waals surface area contributed by atoms with Crippen LogP contribution >= 0.6 is 11.6 Å². The molecule has 2 N–H and O–H groups in total. The second-order valence-electron chi connectivity index (χ2n) is 3.21. The van der Waals surface area contributed by atoms with Crippen molar-refractivity contribution in [1.82, 2.24) is 10.6 Å². The Morgan fingerprint density at radius 2 is 2.12 bits per heavy atom. The van der Waals surface area contributed by atoms with Gasteiger partial charge in [-0.2, -0.15) is 0 Å². The van der Waals surface area contributed by atoms with Gasteiger partial charge in [0, 0.05) is 18.7 Å². The van der Waals surface area contributed by atoms with E-state index in [0.29, 0.717) is 13.0 Å². The zero-order valence-corrected chi connectivity index (χ0v) is 9.88. The Morgan fingerprint density at radius 1 is 1.38 bits per heavy atom. The van der Waals surface area contributed by atoms with Gasteiger partial charge in [-0.3, -0.25) is 0 Å². The van der Waals surface area contributed by atoms with E-state index in [0.717, 1.165) is 10.6 Å². The second-order valence-corrected chi connectivity index (χ2v) is 3.61. The Kier molecular flexibility index (Phi) is 5.67. The minimum Gasteiger partial charge on any atom is -0.364 e. The van der Waals surface area contributed by atoms with Gasteiger partial charge in [0.15, 0.2) is 0 Å². The van der Waals surface area contributed by atoms with Crippen LogP contribution in [-0.2, 0) is 11.2 Å². The van der Waals surface area contributed by atoms with Gasteiger partial charge in [-0.25, -0.2) is 4.79 Å². The van der Waals surface area contributed by atoms with Crippen LogP contribution in [0.3, 0.4) is 0 Å². The largest absolute Gasteiger partial charge is 0.364 e. The highest BCUT2D eigenvalue weighted by atomic mass is 35.5. The summed E-state index contributed by atoms with van der Waals surface area (Å²) in [6.45, 7) is 0.747. The summed E-state index contributed by atoms with van der Waals surface area (Å²) in [5.74, 6) is 0. The smallest absolute Gasteiger partial charge is 0.316 e. The van der Waals surface area contributed by atoms with E-state index in [9.17, 15) is 4.79 Å². The minimum atomic E-state index is -0.242. The van der Waals surface area contributed by atoms with Gasteiger partial charge >= 0.3 is 6.03 Å². The lowest BCUT2D eigenvalue weighted by molar-refractivity contribution is 0.172. The fourth-order valence-electron chi connectivity index (χ4n) is 1.21. The third kappa shape index (κ3) is 4.51. The predicted molar refractivity (Wildman–Crippen MR) is 63.6 cm³/mol. The van der Waals surface area contributed by atoms with Gasteiger partial charge < -0.3 is 15.4 Å². The van der Waals surface area contributed by atoms with Crippen molar-refractivity contribution in [2.75, 3.05) is 20.4 Å². The van der Waals surface area contributed by atoms with Gasteiger partial charge in [0.05, 0.1) is 0 Å². The first kappa shape index (κ1) is 12.8. The normalized spacial score (nSPS) is 9.88. The molecule has 0 unspecified atom stereocenters. The van der Waals surface area contributed by atoms with Crippen LogP contribution in [0.4, 0.5) is 4.79 Å². The average Bonchev–Trinajstić information content (AvgIpc) is 2.29. The van der Waals surface area contributed by atoms with Gasteiger partial charge in [0.25, 0.3) is 0 Å². The molecule has 0 aromatic heterocycles. The Labute approximate surface area is 99.9 Å². The maximum atomic E-state index is 11.1. The molecule has 16 heavy (non-hydrogen) atoms. The first-order valence-electron chi connectivity index (χ1n) is 4.98. The van der Waals surface area contributed by atoms with E-state index in [1.54, 1.807) is 0 Å². The van der Waals surface area contributed by atoms with Gasteiger partial charge in [-0.05, 0) is 18.1 Å². The summed E-state index contributed by atoms with van der Waals surface area (Å²) in [6, 6.07) is 7.34. The fourth-order valence-corrected chi connectivity index (χ4v) is 1.44. The fraction of sp³-hybridized carbons (Fsp3) is 0.364. The second kappa shape index (κ2) is 7.09. The number of rotatable bonds is 5. The number of hydrogen-bond donors (Lipinski definition) is 2. The Bertz CT molecular complexity index is 345. The number of amides is 2. The van der Waals surface area contributed by atoms with Crippen LogP contribution in [0.1, 0.15) is 5.56 Å². The lowest BCUT2D eigenvalue weighted by Crippen LogP contribution is -2.37. The molecule has 0 atom stereocenters. The Hall–Kier alpha value is -1.26. The molecule has 4 nitrogen and oxygen atoms in total. The molecule has 0 radical (unpaired) electrons. The summed E-state index contributed by atoms with van der Waals surface area (Å²) < 4.78 is 4.70. The molecule has 5 heteroatoms. The number of ether oxygens (including phenoxy) is 1. The molecule has 0 fully saturated rings. The number of hydrogen-bond acceptors (Lipinski definition) is 2.